The molecule has 1 unspecified atom stereocenters. The summed E-state index contributed by atoms with van der Waals surface area (Å²) in [5.41, 5.74) is -1.12. The number of aromatic nitrogens is 2. The Kier molecular flexibility index (Phi) is 12.7. The predicted octanol–water partition coefficient (Wildman–Crippen LogP) is 1.28. The number of carboxylic acids is 1. The molecule has 1 aromatic rings. The van der Waals surface area contributed by atoms with Crippen molar-refractivity contribution >= 4 is 23.7 Å². The Morgan fingerprint density at radius 2 is 1.76 bits per heavy atom. The fourth-order valence-electron chi connectivity index (χ4n) is 4.44. The average molecular weight is 592 g/mol. The van der Waals surface area contributed by atoms with E-state index in [2.05, 4.69) is 10.3 Å². The summed E-state index contributed by atoms with van der Waals surface area (Å²) in [6.07, 6.45) is -1.21. The molecular weight excluding hydrogens is 550 g/mol. The highest BCUT2D eigenvalue weighted by Gasteiger charge is 2.59. The van der Waals surface area contributed by atoms with Gasteiger partial charge in [-0.2, -0.15) is 13.8 Å². The number of nitrogens with zero attached hydrogens (tertiary/aromatic N) is 3. The van der Waals surface area contributed by atoms with Crippen LogP contribution in [0.15, 0.2) is 17.1 Å². The van der Waals surface area contributed by atoms with Crippen molar-refractivity contribution in [2.24, 2.45) is 0 Å². The van der Waals surface area contributed by atoms with Crippen LogP contribution >= 0.6 is 0 Å². The number of ether oxygens (including phenoxy) is 2. The molecule has 232 valence electrons. The molecule has 13 nitrogen and oxygen atoms in total. The summed E-state index contributed by atoms with van der Waals surface area (Å²) in [5, 5.41) is 30.2. The van der Waals surface area contributed by atoms with Crippen molar-refractivity contribution in [2.75, 3.05) is 39.6 Å². The van der Waals surface area contributed by atoms with Gasteiger partial charge in [0.15, 0.2) is 12.2 Å². The van der Waals surface area contributed by atoms with Crippen LogP contribution in [0.3, 0.4) is 0 Å². The zero-order chi connectivity index (χ0) is 30.8. The van der Waals surface area contributed by atoms with E-state index < -0.39 is 60.6 Å². The molecule has 2 heterocycles. The number of alkyl halides is 2. The Morgan fingerprint density at radius 3 is 2.29 bits per heavy atom. The van der Waals surface area contributed by atoms with E-state index in [4.69, 9.17) is 19.7 Å². The number of hydrogen-bond acceptors (Lipinski definition) is 9. The molecule has 0 saturated carbocycles. The molecule has 4 atom stereocenters. The molecule has 0 bridgehead atoms. The van der Waals surface area contributed by atoms with Gasteiger partial charge in [0, 0.05) is 19.0 Å². The minimum atomic E-state index is -3.83. The van der Waals surface area contributed by atoms with Crippen LogP contribution in [-0.4, -0.2) is 106 Å². The first-order chi connectivity index (χ1) is 19.1. The van der Waals surface area contributed by atoms with Crippen LogP contribution in [0.1, 0.15) is 64.0 Å². The number of hydrogen-bond donors (Lipinski definition) is 4. The van der Waals surface area contributed by atoms with Crippen LogP contribution in [0.4, 0.5) is 14.6 Å². The number of halogens is 2. The van der Waals surface area contributed by atoms with Crippen molar-refractivity contribution in [3.8, 4) is 0 Å². The zero-order valence-corrected chi connectivity index (χ0v) is 23.6. The molecule has 1 saturated heterocycles. The minimum absolute atomic E-state index is 0.115. The van der Waals surface area contributed by atoms with Crippen molar-refractivity contribution < 1.29 is 52.4 Å². The van der Waals surface area contributed by atoms with Gasteiger partial charge < -0.3 is 34.6 Å². The average Bonchev–Trinajstić information content (AvgIpc) is 3.07. The highest BCUT2D eigenvalue weighted by atomic mass is 19.3. The number of unbranched alkanes of at least 4 members (excludes halogenated alkanes) is 5. The van der Waals surface area contributed by atoms with Gasteiger partial charge in [-0.15, -0.1) is 0 Å². The maximum absolute atomic E-state index is 14.3. The fraction of sp³-hybridized carbons (Fsp3) is 0.731. The van der Waals surface area contributed by atoms with E-state index in [0.717, 1.165) is 37.9 Å². The smallest absolute Gasteiger partial charge is 0.351 e. The van der Waals surface area contributed by atoms with Gasteiger partial charge in [0.2, 0.25) is 12.1 Å². The van der Waals surface area contributed by atoms with Gasteiger partial charge in [0.1, 0.15) is 18.5 Å². The van der Waals surface area contributed by atoms with Gasteiger partial charge in [-0.3, -0.25) is 19.0 Å². The number of amides is 1. The predicted molar refractivity (Wildman–Crippen MR) is 141 cm³/mol. The Morgan fingerprint density at radius 1 is 1.15 bits per heavy atom. The van der Waals surface area contributed by atoms with Crippen LogP contribution in [0.5, 0.6) is 0 Å². The summed E-state index contributed by atoms with van der Waals surface area (Å²) >= 11 is 0. The third kappa shape index (κ3) is 11.1. The maximum atomic E-state index is 14.3. The van der Waals surface area contributed by atoms with E-state index in [1.54, 1.807) is 0 Å². The first kappa shape index (κ1) is 34.2. The van der Waals surface area contributed by atoms with Crippen molar-refractivity contribution in [1.29, 1.82) is 0 Å². The summed E-state index contributed by atoms with van der Waals surface area (Å²) in [6, 6.07) is 1.16. The van der Waals surface area contributed by atoms with Crippen molar-refractivity contribution in [3.63, 3.8) is 0 Å². The van der Waals surface area contributed by atoms with Gasteiger partial charge >= 0.3 is 23.6 Å². The molecule has 1 fully saturated rings. The molecule has 4 N–H and O–H groups in total. The van der Waals surface area contributed by atoms with Crippen LogP contribution < -0.4 is 11.0 Å². The second-order valence-corrected chi connectivity index (χ2v) is 11.2. The first-order valence-electron chi connectivity index (χ1n) is 13.6. The van der Waals surface area contributed by atoms with Crippen LogP contribution in [0, 0.1) is 0 Å². The number of rotatable bonds is 17. The highest BCUT2D eigenvalue weighted by molar-refractivity contribution is 5.89. The number of aliphatic hydroxyl groups is 2. The molecule has 0 aliphatic carbocycles. The molecule has 2 rings (SSSR count). The van der Waals surface area contributed by atoms with Crippen molar-refractivity contribution in [2.45, 2.75) is 88.2 Å². The van der Waals surface area contributed by atoms with Crippen molar-refractivity contribution in [1.82, 2.24) is 9.55 Å². The van der Waals surface area contributed by atoms with Gasteiger partial charge in [-0.05, 0) is 18.9 Å². The quantitative estimate of drug-likeness (QED) is 0.117. The van der Waals surface area contributed by atoms with E-state index in [1.165, 1.54) is 0 Å². The third-order valence-corrected chi connectivity index (χ3v) is 6.40. The molecule has 1 aromatic heterocycles. The summed E-state index contributed by atoms with van der Waals surface area (Å²) in [7, 11) is 5.67. The summed E-state index contributed by atoms with van der Waals surface area (Å²) in [4.78, 5) is 51.2. The van der Waals surface area contributed by atoms with E-state index in [9.17, 15) is 33.1 Å². The zero-order valence-electron chi connectivity index (χ0n) is 23.6. The van der Waals surface area contributed by atoms with E-state index >= 15 is 0 Å². The second-order valence-electron chi connectivity index (χ2n) is 11.2. The fourth-order valence-corrected chi connectivity index (χ4v) is 4.44. The first-order valence-corrected chi connectivity index (χ1v) is 13.6. The number of likely N-dealkylation sites (N-methyl/N-ethyl adjacent to an activating group) is 1. The lowest BCUT2D eigenvalue weighted by molar-refractivity contribution is -0.873. The minimum Gasteiger partial charge on any atom is -0.481 e. The number of carbonyl (C=O) groups is 3. The number of anilines is 1. The third-order valence-electron chi connectivity index (χ3n) is 6.40. The Hall–Kier alpha value is -3.01. The lowest BCUT2D eigenvalue weighted by atomic mass is 10.1. The Balaban J connectivity index is 1.65. The highest BCUT2D eigenvalue weighted by Crippen LogP contribution is 2.41. The number of carbonyl (C=O) groups excluding carboxylic acids is 2. The van der Waals surface area contributed by atoms with E-state index in [1.807, 2.05) is 21.1 Å². The number of nitrogens with one attached hydrogen (secondary N) is 1. The van der Waals surface area contributed by atoms with Gasteiger partial charge in [0.25, 0.3) is 0 Å². The lowest BCUT2D eigenvalue weighted by Gasteiger charge is -2.28. The monoisotopic (exact) mass is 591 g/mol. The van der Waals surface area contributed by atoms with Crippen molar-refractivity contribution in [3.05, 3.63) is 22.7 Å². The standard InChI is InChI=1S/C26H40F2N4O9/c1-32(2,3)15-17(14-21(35)36)40-22(37)11-9-7-5-4-6-8-10-20(34)29-19-12-13-31(25(39)30-19)24-26(27,28)23(38)18(16-33)41-24/h12-13,17-18,23-24,33,38H,4-11,14-16H2,1-3H3,(H-,29,30,34,35,36,39)/p+1/t17?,18-,23-,24-/m1/s1. The molecule has 0 radical (unpaired) electrons. The molecule has 1 aliphatic rings. The molecule has 15 heteroatoms. The van der Waals surface area contributed by atoms with E-state index in [-0.39, 0.29) is 25.1 Å². The molecule has 1 aliphatic heterocycles. The summed E-state index contributed by atoms with van der Waals surface area (Å²) in [6.45, 7) is -0.457. The number of aliphatic hydroxyl groups excluding tert-OH is 2. The number of esters is 1. The van der Waals surface area contributed by atoms with Gasteiger partial charge in [-0.25, -0.2) is 4.79 Å². The molecule has 0 spiro atoms. The topological polar surface area (TPSA) is 177 Å². The largest absolute Gasteiger partial charge is 0.481 e. The number of carboxylic acid groups (broad SMARTS) is 1. The van der Waals surface area contributed by atoms with Gasteiger partial charge in [0.05, 0.1) is 34.2 Å². The summed E-state index contributed by atoms with van der Waals surface area (Å²) in [5.74, 6) is -5.78. The lowest BCUT2D eigenvalue weighted by Crippen LogP contribution is -2.43. The summed E-state index contributed by atoms with van der Waals surface area (Å²) < 4.78 is 39.8. The molecule has 0 aromatic carbocycles. The van der Waals surface area contributed by atoms with Gasteiger partial charge in [-0.1, -0.05) is 25.7 Å². The Labute approximate surface area is 236 Å². The molecule has 41 heavy (non-hydrogen) atoms. The molecular formula is C26H41F2N4O9+. The molecule has 1 amide bonds. The van der Waals surface area contributed by atoms with Crippen LogP contribution in [0.25, 0.3) is 0 Å². The van der Waals surface area contributed by atoms with Crippen LogP contribution in [0.2, 0.25) is 0 Å². The SMILES string of the molecule is C[N+](C)(C)CC(CC(=O)O)OC(=O)CCCCCCCCC(=O)Nc1ccn([C@@H]2O[C@H](CO)[C@@H](O)C2(F)F)c(=O)n1. The normalized spacial score (nSPS) is 20.9. The van der Waals surface area contributed by atoms with Crippen LogP contribution in [-0.2, 0) is 23.9 Å². The maximum Gasteiger partial charge on any atom is 0.351 e. The Bertz CT molecular complexity index is 1090. The number of aliphatic carboxylic acids is 1. The number of quaternary nitrogens is 1. The van der Waals surface area contributed by atoms with E-state index in [0.29, 0.717) is 28.4 Å². The second kappa shape index (κ2) is 15.3.